The smallest absolute Gasteiger partial charge is 0.0241 e. The molecule has 0 N–H and O–H groups in total. The Hall–Kier alpha value is -0.0900. The molecule has 0 atom stereocenters. The summed E-state index contributed by atoms with van der Waals surface area (Å²) in [5.41, 5.74) is 1.44. The largest absolute Gasteiger partial charge is 0.302 e. The molecule has 1 nitrogen and oxygen atoms in total. The van der Waals surface area contributed by atoms with Gasteiger partial charge in [0.25, 0.3) is 0 Å². The number of hydrogen-bond acceptors (Lipinski definition) is 1. The minimum atomic E-state index is 1.07. The fourth-order valence-corrected chi connectivity index (χ4v) is 1.98. The molecule has 0 unspecified atom stereocenters. The zero-order chi connectivity index (χ0) is 10.4. The molecule has 0 aromatic heterocycles. The summed E-state index contributed by atoms with van der Waals surface area (Å²) in [6, 6.07) is 8.59. The van der Waals surface area contributed by atoms with Crippen LogP contribution in [0.4, 0.5) is 0 Å². The molecule has 0 radical (unpaired) electrons. The van der Waals surface area contributed by atoms with Crippen molar-refractivity contribution >= 4 is 22.6 Å². The lowest BCUT2D eigenvalue weighted by Gasteiger charge is -2.16. The third-order valence-corrected chi connectivity index (χ3v) is 3.34. The van der Waals surface area contributed by atoms with E-state index in [-0.39, 0.29) is 0 Å². The lowest BCUT2D eigenvalue weighted by atomic mass is 10.2. The van der Waals surface area contributed by atoms with Gasteiger partial charge in [0, 0.05) is 10.1 Å². The van der Waals surface area contributed by atoms with Gasteiger partial charge in [0.2, 0.25) is 0 Å². The van der Waals surface area contributed by atoms with Crippen molar-refractivity contribution in [2.24, 2.45) is 0 Å². The molecule has 0 fully saturated rings. The predicted octanol–water partition coefficient (Wildman–Crippen LogP) is 3.52. The second-order valence-electron chi connectivity index (χ2n) is 3.68. The average molecular weight is 303 g/mol. The van der Waals surface area contributed by atoms with Crippen molar-refractivity contribution in [1.82, 2.24) is 4.90 Å². The maximum Gasteiger partial charge on any atom is 0.0241 e. The molecule has 1 aromatic rings. The number of hydrogen-bond donors (Lipinski definition) is 0. The van der Waals surface area contributed by atoms with E-state index in [0.717, 1.165) is 6.54 Å². The van der Waals surface area contributed by atoms with Gasteiger partial charge >= 0.3 is 0 Å². The van der Waals surface area contributed by atoms with E-state index >= 15 is 0 Å². The molecule has 0 aliphatic rings. The van der Waals surface area contributed by atoms with E-state index < -0.39 is 0 Å². The molecule has 14 heavy (non-hydrogen) atoms. The second kappa shape index (κ2) is 6.40. The standard InChI is InChI=1S/C12H18IN/c1-3-4-9-14(2)10-11-7-5-6-8-12(11)13/h5-8H,3-4,9-10H2,1-2H3. The van der Waals surface area contributed by atoms with Crippen LogP contribution in [0.15, 0.2) is 24.3 Å². The Bertz CT molecular complexity index is 273. The van der Waals surface area contributed by atoms with Gasteiger partial charge in [-0.2, -0.15) is 0 Å². The lowest BCUT2D eigenvalue weighted by Crippen LogP contribution is -2.19. The summed E-state index contributed by atoms with van der Waals surface area (Å²) in [5, 5.41) is 0. The zero-order valence-electron chi connectivity index (χ0n) is 8.96. The molecule has 2 heteroatoms. The van der Waals surface area contributed by atoms with Crippen molar-refractivity contribution in [1.29, 1.82) is 0 Å². The first-order valence-corrected chi connectivity index (χ1v) is 6.24. The van der Waals surface area contributed by atoms with Gasteiger partial charge in [0.15, 0.2) is 0 Å². The van der Waals surface area contributed by atoms with Gasteiger partial charge in [-0.3, -0.25) is 0 Å². The van der Waals surface area contributed by atoms with Crippen LogP contribution in [0.25, 0.3) is 0 Å². The Morgan fingerprint density at radius 1 is 1.29 bits per heavy atom. The Balaban J connectivity index is 2.47. The van der Waals surface area contributed by atoms with Crippen LogP contribution in [0.1, 0.15) is 25.3 Å². The molecule has 78 valence electrons. The summed E-state index contributed by atoms with van der Waals surface area (Å²) in [4.78, 5) is 2.39. The van der Waals surface area contributed by atoms with Gasteiger partial charge < -0.3 is 4.90 Å². The van der Waals surface area contributed by atoms with E-state index in [1.54, 1.807) is 0 Å². The van der Waals surface area contributed by atoms with Crippen LogP contribution in [-0.4, -0.2) is 18.5 Å². The summed E-state index contributed by atoms with van der Waals surface area (Å²) in [6.45, 7) is 4.50. The highest BCUT2D eigenvalue weighted by Gasteiger charge is 2.02. The van der Waals surface area contributed by atoms with E-state index in [1.165, 1.54) is 28.5 Å². The number of nitrogens with zero attached hydrogens (tertiary/aromatic N) is 1. The zero-order valence-corrected chi connectivity index (χ0v) is 11.1. The molecule has 0 aliphatic heterocycles. The van der Waals surface area contributed by atoms with Crippen LogP contribution in [0.3, 0.4) is 0 Å². The van der Waals surface area contributed by atoms with Crippen molar-refractivity contribution in [2.75, 3.05) is 13.6 Å². The Morgan fingerprint density at radius 2 is 2.00 bits per heavy atom. The third kappa shape index (κ3) is 3.96. The normalized spacial score (nSPS) is 10.9. The minimum Gasteiger partial charge on any atom is -0.302 e. The van der Waals surface area contributed by atoms with Crippen LogP contribution in [0, 0.1) is 3.57 Å². The molecule has 1 aromatic carbocycles. The molecule has 0 amide bonds. The van der Waals surface area contributed by atoms with E-state index in [0.29, 0.717) is 0 Å². The lowest BCUT2D eigenvalue weighted by molar-refractivity contribution is 0.320. The third-order valence-electron chi connectivity index (χ3n) is 2.29. The Morgan fingerprint density at radius 3 is 2.64 bits per heavy atom. The van der Waals surface area contributed by atoms with Gasteiger partial charge in [-0.05, 0) is 54.2 Å². The molecular weight excluding hydrogens is 285 g/mol. The Labute approximate surface area is 101 Å². The van der Waals surface area contributed by atoms with Crippen LogP contribution >= 0.6 is 22.6 Å². The highest BCUT2D eigenvalue weighted by molar-refractivity contribution is 14.1. The maximum atomic E-state index is 2.40. The fraction of sp³-hybridized carbons (Fsp3) is 0.500. The van der Waals surface area contributed by atoms with Gasteiger partial charge in [0.05, 0.1) is 0 Å². The van der Waals surface area contributed by atoms with Gasteiger partial charge in [-0.1, -0.05) is 31.5 Å². The summed E-state index contributed by atoms with van der Waals surface area (Å²) in [6.07, 6.45) is 2.57. The molecule has 0 heterocycles. The molecule has 0 saturated heterocycles. The molecule has 0 spiro atoms. The maximum absolute atomic E-state index is 2.40. The Kier molecular flexibility index (Phi) is 5.48. The molecule has 0 saturated carbocycles. The summed E-state index contributed by atoms with van der Waals surface area (Å²) < 4.78 is 1.37. The highest BCUT2D eigenvalue weighted by atomic mass is 127. The van der Waals surface area contributed by atoms with Crippen LogP contribution < -0.4 is 0 Å². The van der Waals surface area contributed by atoms with Crippen LogP contribution in [-0.2, 0) is 6.54 Å². The number of unbranched alkanes of at least 4 members (excludes halogenated alkanes) is 1. The highest BCUT2D eigenvalue weighted by Crippen LogP contribution is 2.13. The summed E-state index contributed by atoms with van der Waals surface area (Å²) in [7, 11) is 2.19. The van der Waals surface area contributed by atoms with Gasteiger partial charge in [0.1, 0.15) is 0 Å². The SMILES string of the molecule is CCCCN(C)Cc1ccccc1I. The minimum absolute atomic E-state index is 1.07. The average Bonchev–Trinajstić information content (AvgIpc) is 2.18. The second-order valence-corrected chi connectivity index (χ2v) is 4.84. The number of rotatable bonds is 5. The summed E-state index contributed by atoms with van der Waals surface area (Å²) >= 11 is 2.40. The fourth-order valence-electron chi connectivity index (χ4n) is 1.42. The van der Waals surface area contributed by atoms with E-state index in [4.69, 9.17) is 0 Å². The van der Waals surface area contributed by atoms with Crippen molar-refractivity contribution in [3.63, 3.8) is 0 Å². The quantitative estimate of drug-likeness (QED) is 0.752. The van der Waals surface area contributed by atoms with Crippen molar-refractivity contribution in [2.45, 2.75) is 26.3 Å². The van der Waals surface area contributed by atoms with E-state index in [1.807, 2.05) is 0 Å². The summed E-state index contributed by atoms with van der Waals surface area (Å²) in [5.74, 6) is 0. The first-order chi connectivity index (χ1) is 6.74. The van der Waals surface area contributed by atoms with Gasteiger partial charge in [-0.15, -0.1) is 0 Å². The first-order valence-electron chi connectivity index (χ1n) is 5.16. The van der Waals surface area contributed by atoms with Crippen molar-refractivity contribution < 1.29 is 0 Å². The van der Waals surface area contributed by atoms with Crippen LogP contribution in [0.2, 0.25) is 0 Å². The molecule has 0 bridgehead atoms. The number of benzene rings is 1. The monoisotopic (exact) mass is 303 g/mol. The topological polar surface area (TPSA) is 3.24 Å². The van der Waals surface area contributed by atoms with E-state index in [9.17, 15) is 0 Å². The van der Waals surface area contributed by atoms with Crippen molar-refractivity contribution in [3.05, 3.63) is 33.4 Å². The van der Waals surface area contributed by atoms with Crippen molar-refractivity contribution in [3.8, 4) is 0 Å². The van der Waals surface area contributed by atoms with E-state index in [2.05, 4.69) is 65.7 Å². The van der Waals surface area contributed by atoms with Gasteiger partial charge in [-0.25, -0.2) is 0 Å². The molecular formula is C12H18IN. The molecule has 1 rings (SSSR count). The molecule has 0 aliphatic carbocycles. The van der Waals surface area contributed by atoms with Crippen LogP contribution in [0.5, 0.6) is 0 Å². The number of halogens is 1. The predicted molar refractivity (Wildman–Crippen MR) is 70.4 cm³/mol. The first kappa shape index (κ1) is 12.0.